The van der Waals surface area contributed by atoms with Crippen LogP contribution < -0.4 is 0 Å². The number of hydrogen-bond donors (Lipinski definition) is 0. The Kier molecular flexibility index (Phi) is 10.2. The number of carbonyl (C=O) groups excluding carboxylic acids is 2. The van der Waals surface area contributed by atoms with E-state index in [1.807, 2.05) is 62.1 Å². The number of amides is 2. The largest absolute Gasteiger partial charge is 0.338 e. The van der Waals surface area contributed by atoms with E-state index in [1.165, 1.54) is 4.31 Å². The molecule has 7 nitrogen and oxygen atoms in total. The molecule has 2 amide bonds. The molecule has 1 aliphatic heterocycles. The van der Waals surface area contributed by atoms with E-state index in [2.05, 4.69) is 0 Å². The number of aryl methyl sites for hydroxylation is 2. The first-order chi connectivity index (χ1) is 19.6. The van der Waals surface area contributed by atoms with Crippen molar-refractivity contribution < 1.29 is 18.0 Å². The minimum atomic E-state index is -3.86. The van der Waals surface area contributed by atoms with Crippen LogP contribution in [0.5, 0.6) is 0 Å². The van der Waals surface area contributed by atoms with Gasteiger partial charge in [-0.3, -0.25) is 9.59 Å². The van der Waals surface area contributed by atoms with Gasteiger partial charge in [0.2, 0.25) is 15.9 Å². The molecule has 3 aromatic carbocycles. The highest BCUT2D eigenvalue weighted by Gasteiger charge is 2.33. The lowest BCUT2D eigenvalue weighted by Crippen LogP contribution is -2.51. The van der Waals surface area contributed by atoms with Gasteiger partial charge in [0.1, 0.15) is 0 Å². The Balaban J connectivity index is 1.53. The zero-order valence-corrected chi connectivity index (χ0v) is 25.5. The number of nitrogens with zero attached hydrogens (tertiary/aromatic N) is 3. The molecule has 0 saturated carbocycles. The first-order valence-electron chi connectivity index (χ1n) is 14.0. The second-order valence-corrected chi connectivity index (χ2v) is 13.1. The molecule has 0 unspecified atom stereocenters. The van der Waals surface area contributed by atoms with Gasteiger partial charge < -0.3 is 9.80 Å². The van der Waals surface area contributed by atoms with Gasteiger partial charge >= 0.3 is 0 Å². The first-order valence-corrected chi connectivity index (χ1v) is 15.9. The molecule has 4 rings (SSSR count). The maximum absolute atomic E-state index is 13.9. The van der Waals surface area contributed by atoms with Crippen LogP contribution in [0.1, 0.15) is 53.2 Å². The van der Waals surface area contributed by atoms with Gasteiger partial charge in [0, 0.05) is 42.8 Å². The average Bonchev–Trinajstić information content (AvgIpc) is 2.97. The van der Waals surface area contributed by atoms with E-state index in [1.54, 1.807) is 41.3 Å². The zero-order chi connectivity index (χ0) is 29.6. The third-order valence-corrected chi connectivity index (χ3v) is 9.63. The molecule has 0 aliphatic carbocycles. The molecule has 0 radical (unpaired) electrons. The summed E-state index contributed by atoms with van der Waals surface area (Å²) < 4.78 is 28.4. The minimum absolute atomic E-state index is 0.0164. The Morgan fingerprint density at radius 3 is 2.00 bits per heavy atom. The van der Waals surface area contributed by atoms with Crippen molar-refractivity contribution in [3.63, 3.8) is 0 Å². The standard InChI is InChI=1S/C32H38ClN3O4S/c1-4-19-35(41(39,40)30-15-7-25(3)8-16-30)23-31(37)36(22-26-9-13-28(33)14-10-26)29-17-20-34(21-18-29)32(38)27-11-5-24(2)6-12-27/h5-16,29H,4,17-23H2,1-3H3. The van der Waals surface area contributed by atoms with E-state index in [0.717, 1.165) is 16.7 Å². The Morgan fingerprint density at radius 2 is 1.44 bits per heavy atom. The van der Waals surface area contributed by atoms with Crippen molar-refractivity contribution in [1.29, 1.82) is 0 Å². The molecular formula is C32H38ClN3O4S. The Bertz CT molecular complexity index is 1430. The summed E-state index contributed by atoms with van der Waals surface area (Å²) in [7, 11) is -3.86. The SMILES string of the molecule is CCCN(CC(=O)N(Cc1ccc(Cl)cc1)C1CCN(C(=O)c2ccc(C)cc2)CC1)S(=O)(=O)c1ccc(C)cc1. The summed E-state index contributed by atoms with van der Waals surface area (Å²) in [5.74, 6) is -0.273. The maximum atomic E-state index is 13.9. The first kappa shape index (κ1) is 30.8. The van der Waals surface area contributed by atoms with Crippen LogP contribution in [-0.4, -0.2) is 66.6 Å². The second-order valence-electron chi connectivity index (χ2n) is 10.7. The average molecular weight is 596 g/mol. The van der Waals surface area contributed by atoms with Crippen molar-refractivity contribution >= 4 is 33.4 Å². The Labute approximate surface area is 248 Å². The van der Waals surface area contributed by atoms with Crippen LogP contribution in [-0.2, 0) is 21.4 Å². The van der Waals surface area contributed by atoms with Crippen LogP contribution in [0.2, 0.25) is 5.02 Å². The summed E-state index contributed by atoms with van der Waals surface area (Å²) in [6, 6.07) is 21.4. The molecule has 1 fully saturated rings. The molecule has 0 N–H and O–H groups in total. The third-order valence-electron chi connectivity index (χ3n) is 7.52. The summed E-state index contributed by atoms with van der Waals surface area (Å²) in [5.41, 5.74) is 3.62. The molecule has 0 spiro atoms. The predicted molar refractivity (Wildman–Crippen MR) is 162 cm³/mol. The molecule has 1 aliphatic rings. The highest BCUT2D eigenvalue weighted by molar-refractivity contribution is 7.89. The lowest BCUT2D eigenvalue weighted by molar-refractivity contribution is -0.135. The topological polar surface area (TPSA) is 78.0 Å². The van der Waals surface area contributed by atoms with E-state index < -0.39 is 10.0 Å². The number of rotatable bonds is 10. The molecule has 0 atom stereocenters. The number of benzene rings is 3. The van der Waals surface area contributed by atoms with Crippen molar-refractivity contribution in [3.8, 4) is 0 Å². The molecule has 0 bridgehead atoms. The van der Waals surface area contributed by atoms with E-state index in [-0.39, 0.29) is 35.8 Å². The number of likely N-dealkylation sites (tertiary alicyclic amines) is 1. The number of carbonyl (C=O) groups is 2. The number of halogens is 1. The minimum Gasteiger partial charge on any atom is -0.338 e. The van der Waals surface area contributed by atoms with Crippen molar-refractivity contribution in [2.45, 2.75) is 57.5 Å². The normalized spacial score (nSPS) is 14.3. The number of sulfonamides is 1. The fraction of sp³-hybridized carbons (Fsp3) is 0.375. The van der Waals surface area contributed by atoms with Crippen molar-refractivity contribution in [2.24, 2.45) is 0 Å². The molecule has 1 heterocycles. The van der Waals surface area contributed by atoms with Crippen LogP contribution in [0, 0.1) is 13.8 Å². The van der Waals surface area contributed by atoms with E-state index in [0.29, 0.717) is 49.5 Å². The summed E-state index contributed by atoms with van der Waals surface area (Å²) in [6.45, 7) is 7.13. The summed E-state index contributed by atoms with van der Waals surface area (Å²) in [6.07, 6.45) is 1.79. The smallest absolute Gasteiger partial charge is 0.253 e. The van der Waals surface area contributed by atoms with Crippen molar-refractivity contribution in [3.05, 3.63) is 100 Å². The summed E-state index contributed by atoms with van der Waals surface area (Å²) >= 11 is 6.09. The quantitative estimate of drug-likeness (QED) is 0.302. The lowest BCUT2D eigenvalue weighted by atomic mass is 10.0. The van der Waals surface area contributed by atoms with Crippen LogP contribution in [0.25, 0.3) is 0 Å². The van der Waals surface area contributed by atoms with Crippen LogP contribution in [0.4, 0.5) is 0 Å². The maximum Gasteiger partial charge on any atom is 0.253 e. The van der Waals surface area contributed by atoms with Crippen LogP contribution in [0.3, 0.4) is 0 Å². The molecule has 9 heteroatoms. The van der Waals surface area contributed by atoms with Gasteiger partial charge in [0.15, 0.2) is 0 Å². The highest BCUT2D eigenvalue weighted by atomic mass is 35.5. The second kappa shape index (κ2) is 13.6. The fourth-order valence-electron chi connectivity index (χ4n) is 5.10. The van der Waals surface area contributed by atoms with Crippen molar-refractivity contribution in [2.75, 3.05) is 26.2 Å². The van der Waals surface area contributed by atoms with Gasteiger partial charge in [0.05, 0.1) is 11.4 Å². The van der Waals surface area contributed by atoms with Gasteiger partial charge in [-0.1, -0.05) is 66.0 Å². The Morgan fingerprint density at radius 1 is 0.878 bits per heavy atom. The van der Waals surface area contributed by atoms with E-state index >= 15 is 0 Å². The Hall–Kier alpha value is -3.20. The van der Waals surface area contributed by atoms with Gasteiger partial charge in [-0.15, -0.1) is 0 Å². The summed E-state index contributed by atoms with van der Waals surface area (Å²) in [4.78, 5) is 30.8. The van der Waals surface area contributed by atoms with Crippen molar-refractivity contribution in [1.82, 2.24) is 14.1 Å². The zero-order valence-electron chi connectivity index (χ0n) is 23.9. The third kappa shape index (κ3) is 7.76. The summed E-state index contributed by atoms with van der Waals surface area (Å²) in [5, 5.41) is 0.605. The molecule has 1 saturated heterocycles. The highest BCUT2D eigenvalue weighted by Crippen LogP contribution is 2.24. The van der Waals surface area contributed by atoms with Gasteiger partial charge in [-0.05, 0) is 75.1 Å². The molecule has 0 aromatic heterocycles. The fourth-order valence-corrected chi connectivity index (χ4v) is 6.71. The molecule has 218 valence electrons. The monoisotopic (exact) mass is 595 g/mol. The van der Waals surface area contributed by atoms with Crippen LogP contribution >= 0.6 is 11.6 Å². The van der Waals surface area contributed by atoms with E-state index in [4.69, 9.17) is 11.6 Å². The number of hydrogen-bond acceptors (Lipinski definition) is 4. The van der Waals surface area contributed by atoms with Gasteiger partial charge in [0.25, 0.3) is 5.91 Å². The molecular weight excluding hydrogens is 558 g/mol. The molecule has 41 heavy (non-hydrogen) atoms. The van der Waals surface area contributed by atoms with Crippen LogP contribution in [0.15, 0.2) is 77.7 Å². The van der Waals surface area contributed by atoms with Gasteiger partial charge in [-0.25, -0.2) is 8.42 Å². The van der Waals surface area contributed by atoms with E-state index in [9.17, 15) is 18.0 Å². The lowest BCUT2D eigenvalue weighted by Gasteiger charge is -2.39. The number of piperidine rings is 1. The van der Waals surface area contributed by atoms with Gasteiger partial charge in [-0.2, -0.15) is 4.31 Å². The molecule has 3 aromatic rings. The predicted octanol–water partition coefficient (Wildman–Crippen LogP) is 5.69.